The highest BCUT2D eigenvalue weighted by atomic mass is 32.2. The molecule has 0 radical (unpaired) electrons. The molecule has 0 spiro atoms. The van der Waals surface area contributed by atoms with Crippen molar-refractivity contribution >= 4 is 21.6 Å². The first-order chi connectivity index (χ1) is 15.1. The number of anilines is 1. The number of hydrogen-bond acceptors (Lipinski definition) is 4. The van der Waals surface area contributed by atoms with Crippen molar-refractivity contribution in [2.45, 2.75) is 18.4 Å². The lowest BCUT2D eigenvalue weighted by Crippen LogP contribution is -2.27. The number of methoxy groups -OCH3 is 1. The normalized spacial score (nSPS) is 11.2. The van der Waals surface area contributed by atoms with Crippen molar-refractivity contribution in [3.8, 4) is 5.75 Å². The van der Waals surface area contributed by atoms with Crippen molar-refractivity contribution in [1.29, 1.82) is 0 Å². The number of aryl methyl sites for hydroxylation is 1. The zero-order chi connectivity index (χ0) is 23.5. The molecule has 168 valence electrons. The molecule has 0 aliphatic rings. The van der Waals surface area contributed by atoms with Gasteiger partial charge in [0.1, 0.15) is 0 Å². The van der Waals surface area contributed by atoms with Crippen LogP contribution in [0.25, 0.3) is 0 Å². The van der Waals surface area contributed by atoms with E-state index in [4.69, 9.17) is 4.74 Å². The van der Waals surface area contributed by atoms with Crippen LogP contribution in [0.3, 0.4) is 0 Å². The van der Waals surface area contributed by atoms with E-state index in [-0.39, 0.29) is 23.1 Å². The molecule has 0 saturated carbocycles. The third-order valence-corrected chi connectivity index (χ3v) is 6.94. The molecule has 1 amide bonds. The first-order valence-corrected chi connectivity index (χ1v) is 11.3. The van der Waals surface area contributed by atoms with E-state index in [0.717, 1.165) is 5.56 Å². The third-order valence-electron chi connectivity index (χ3n) is 5.14. The number of sulfonamides is 1. The monoisotopic (exact) mass is 456 g/mol. The Morgan fingerprint density at radius 2 is 1.59 bits per heavy atom. The summed E-state index contributed by atoms with van der Waals surface area (Å²) in [5, 5.41) is 0. The quantitative estimate of drug-likeness (QED) is 0.533. The number of hydrogen-bond donors (Lipinski definition) is 0. The molecule has 0 N–H and O–H groups in total. The van der Waals surface area contributed by atoms with Gasteiger partial charge in [-0.25, -0.2) is 12.8 Å². The number of carbonyl (C=O) groups is 1. The van der Waals surface area contributed by atoms with Crippen molar-refractivity contribution in [1.82, 2.24) is 4.90 Å². The van der Waals surface area contributed by atoms with Crippen LogP contribution in [0.1, 0.15) is 21.5 Å². The Labute approximate surface area is 187 Å². The second kappa shape index (κ2) is 9.40. The summed E-state index contributed by atoms with van der Waals surface area (Å²) in [6, 6.07) is 17.5. The van der Waals surface area contributed by atoms with Gasteiger partial charge in [0, 0.05) is 26.2 Å². The second-order valence-electron chi connectivity index (χ2n) is 7.46. The number of halogens is 1. The maximum atomic E-state index is 13.9. The molecule has 3 aromatic rings. The molecule has 0 bridgehead atoms. The summed E-state index contributed by atoms with van der Waals surface area (Å²) >= 11 is 0. The fourth-order valence-electron chi connectivity index (χ4n) is 3.20. The van der Waals surface area contributed by atoms with E-state index in [1.54, 1.807) is 61.6 Å². The standard InChI is InChI=1S/C24H25FN2O4S/c1-17-5-12-21(13-6-17)32(29,30)27(3)20-10-8-19(9-11-20)24(28)26(2)16-18-7-14-23(31-4)22(25)15-18/h5-15H,16H2,1-4H3. The zero-order valence-corrected chi connectivity index (χ0v) is 19.2. The lowest BCUT2D eigenvalue weighted by molar-refractivity contribution is 0.0785. The topological polar surface area (TPSA) is 66.9 Å². The third kappa shape index (κ3) is 4.91. The molecule has 0 unspecified atom stereocenters. The summed E-state index contributed by atoms with van der Waals surface area (Å²) in [7, 11) is 0.759. The molecule has 3 rings (SSSR count). The molecule has 0 aliphatic heterocycles. The summed E-state index contributed by atoms with van der Waals surface area (Å²) < 4.78 is 45.7. The Balaban J connectivity index is 1.73. The molecule has 0 atom stereocenters. The van der Waals surface area contributed by atoms with Gasteiger partial charge in [0.05, 0.1) is 17.7 Å². The Morgan fingerprint density at radius 3 is 2.16 bits per heavy atom. The SMILES string of the molecule is COc1ccc(CN(C)C(=O)c2ccc(N(C)S(=O)(=O)c3ccc(C)cc3)cc2)cc1F. The van der Waals surface area contributed by atoms with Crippen LogP contribution in [0.15, 0.2) is 71.6 Å². The summed E-state index contributed by atoms with van der Waals surface area (Å²) in [5.41, 5.74) is 2.42. The molecule has 6 nitrogen and oxygen atoms in total. The van der Waals surface area contributed by atoms with Gasteiger partial charge in [-0.2, -0.15) is 0 Å². The predicted molar refractivity (Wildman–Crippen MR) is 122 cm³/mol. The first kappa shape index (κ1) is 23.3. The van der Waals surface area contributed by atoms with E-state index in [1.807, 2.05) is 6.92 Å². The van der Waals surface area contributed by atoms with Crippen LogP contribution in [-0.4, -0.2) is 40.4 Å². The van der Waals surface area contributed by atoms with Crippen LogP contribution in [0, 0.1) is 12.7 Å². The van der Waals surface area contributed by atoms with Gasteiger partial charge in [0.2, 0.25) is 0 Å². The highest BCUT2D eigenvalue weighted by Crippen LogP contribution is 2.23. The Hall–Kier alpha value is -3.39. The lowest BCUT2D eigenvalue weighted by atomic mass is 10.1. The van der Waals surface area contributed by atoms with Crippen molar-refractivity contribution in [2.24, 2.45) is 0 Å². The van der Waals surface area contributed by atoms with Crippen molar-refractivity contribution in [3.63, 3.8) is 0 Å². The van der Waals surface area contributed by atoms with Crippen LogP contribution >= 0.6 is 0 Å². The van der Waals surface area contributed by atoms with E-state index >= 15 is 0 Å². The molecule has 0 heterocycles. The Kier molecular flexibility index (Phi) is 6.84. The van der Waals surface area contributed by atoms with Gasteiger partial charge in [0.15, 0.2) is 11.6 Å². The van der Waals surface area contributed by atoms with Gasteiger partial charge in [-0.15, -0.1) is 0 Å². The molecule has 0 aromatic heterocycles. The van der Waals surface area contributed by atoms with Gasteiger partial charge in [-0.05, 0) is 61.0 Å². The van der Waals surface area contributed by atoms with Gasteiger partial charge < -0.3 is 9.64 Å². The number of carbonyl (C=O) groups excluding carboxylic acids is 1. The van der Waals surface area contributed by atoms with E-state index in [0.29, 0.717) is 16.8 Å². The van der Waals surface area contributed by atoms with Crippen LogP contribution in [0.2, 0.25) is 0 Å². The summed E-state index contributed by atoms with van der Waals surface area (Å²) in [4.78, 5) is 14.4. The van der Waals surface area contributed by atoms with Crippen LogP contribution in [0.4, 0.5) is 10.1 Å². The van der Waals surface area contributed by atoms with E-state index in [9.17, 15) is 17.6 Å². The first-order valence-electron chi connectivity index (χ1n) is 9.87. The Morgan fingerprint density at radius 1 is 0.969 bits per heavy atom. The molecular formula is C24H25FN2O4S. The largest absolute Gasteiger partial charge is 0.494 e. The maximum Gasteiger partial charge on any atom is 0.264 e. The van der Waals surface area contributed by atoms with Gasteiger partial charge in [-0.1, -0.05) is 23.8 Å². The minimum atomic E-state index is -3.72. The number of ether oxygens (including phenoxy) is 1. The highest BCUT2D eigenvalue weighted by Gasteiger charge is 2.22. The molecule has 0 saturated heterocycles. The molecule has 8 heteroatoms. The molecule has 0 fully saturated rings. The molecular weight excluding hydrogens is 431 g/mol. The average molecular weight is 457 g/mol. The maximum absolute atomic E-state index is 13.9. The smallest absolute Gasteiger partial charge is 0.264 e. The van der Waals surface area contributed by atoms with Crippen LogP contribution < -0.4 is 9.04 Å². The molecule has 0 aliphatic carbocycles. The number of rotatable bonds is 7. The van der Waals surface area contributed by atoms with E-state index < -0.39 is 15.8 Å². The molecule has 32 heavy (non-hydrogen) atoms. The number of nitrogens with zero attached hydrogens (tertiary/aromatic N) is 2. The van der Waals surface area contributed by atoms with Gasteiger partial charge >= 0.3 is 0 Å². The van der Waals surface area contributed by atoms with Crippen molar-refractivity contribution in [3.05, 3.63) is 89.2 Å². The van der Waals surface area contributed by atoms with Crippen molar-refractivity contribution in [2.75, 3.05) is 25.5 Å². The summed E-state index contributed by atoms with van der Waals surface area (Å²) in [5.74, 6) is -0.618. The zero-order valence-electron chi connectivity index (χ0n) is 18.4. The molecule has 3 aromatic carbocycles. The minimum absolute atomic E-state index is 0.142. The summed E-state index contributed by atoms with van der Waals surface area (Å²) in [6.07, 6.45) is 0. The minimum Gasteiger partial charge on any atom is -0.494 e. The van der Waals surface area contributed by atoms with E-state index in [1.165, 1.54) is 35.5 Å². The Bertz CT molecular complexity index is 1210. The highest BCUT2D eigenvalue weighted by molar-refractivity contribution is 7.92. The lowest BCUT2D eigenvalue weighted by Gasteiger charge is -2.21. The van der Waals surface area contributed by atoms with Gasteiger partial charge in [0.25, 0.3) is 15.9 Å². The second-order valence-corrected chi connectivity index (χ2v) is 9.43. The average Bonchev–Trinajstić information content (AvgIpc) is 2.78. The predicted octanol–water partition coefficient (Wildman–Crippen LogP) is 4.24. The fraction of sp³-hybridized carbons (Fsp3) is 0.208. The number of amides is 1. The van der Waals surface area contributed by atoms with Crippen LogP contribution in [0.5, 0.6) is 5.75 Å². The fourth-order valence-corrected chi connectivity index (χ4v) is 4.39. The number of benzene rings is 3. The van der Waals surface area contributed by atoms with Crippen molar-refractivity contribution < 1.29 is 22.3 Å². The van der Waals surface area contributed by atoms with E-state index in [2.05, 4.69) is 0 Å². The van der Waals surface area contributed by atoms with Gasteiger partial charge in [-0.3, -0.25) is 9.10 Å². The summed E-state index contributed by atoms with van der Waals surface area (Å²) in [6.45, 7) is 2.10. The van der Waals surface area contributed by atoms with Crippen LogP contribution in [-0.2, 0) is 16.6 Å².